The van der Waals surface area contributed by atoms with Crippen LogP contribution in [0.5, 0.6) is 0 Å². The van der Waals surface area contributed by atoms with Crippen LogP contribution in [0, 0.1) is 5.41 Å². The molecule has 4 rings (SSSR count). The summed E-state index contributed by atoms with van der Waals surface area (Å²) in [7, 11) is -2.96. The molecule has 146 valence electrons. The fourth-order valence-corrected chi connectivity index (χ4v) is 4.83. The smallest absolute Gasteiger partial charge is 0.306 e. The van der Waals surface area contributed by atoms with Crippen molar-refractivity contribution in [3.63, 3.8) is 0 Å². The van der Waals surface area contributed by atoms with Gasteiger partial charge in [0.15, 0.2) is 6.10 Å². The summed E-state index contributed by atoms with van der Waals surface area (Å²) in [6.45, 7) is 2.90. The molecule has 0 N–H and O–H groups in total. The SMILES string of the molecule is CC1(C(=O)N=S(C)(=O)c2cnn3c2CN(C(=O)[C@H]2CCC(=O)O2)CC3)CC1. The minimum absolute atomic E-state index is 0.202. The van der Waals surface area contributed by atoms with Crippen LogP contribution in [0.3, 0.4) is 0 Å². The first-order chi connectivity index (χ1) is 12.7. The van der Waals surface area contributed by atoms with Crippen LogP contribution in [0.15, 0.2) is 15.5 Å². The summed E-state index contributed by atoms with van der Waals surface area (Å²) < 4.78 is 23.9. The Morgan fingerprint density at radius 3 is 2.74 bits per heavy atom. The molecule has 0 spiro atoms. The van der Waals surface area contributed by atoms with Crippen LogP contribution < -0.4 is 0 Å². The Hall–Kier alpha value is -2.23. The Balaban J connectivity index is 1.59. The van der Waals surface area contributed by atoms with Gasteiger partial charge in [0.1, 0.15) is 0 Å². The van der Waals surface area contributed by atoms with E-state index in [-0.39, 0.29) is 30.7 Å². The summed E-state index contributed by atoms with van der Waals surface area (Å²) in [5.74, 6) is -0.949. The predicted octanol–water partition coefficient (Wildman–Crippen LogP) is 0.714. The maximum atomic E-state index is 13.2. The number of carbonyl (C=O) groups is 3. The van der Waals surface area contributed by atoms with Gasteiger partial charge in [-0.05, 0) is 12.8 Å². The number of ether oxygens (including phenoxy) is 1. The van der Waals surface area contributed by atoms with Gasteiger partial charge in [-0.15, -0.1) is 0 Å². The number of fused-ring (bicyclic) bond motifs is 1. The van der Waals surface area contributed by atoms with E-state index < -0.39 is 21.2 Å². The number of nitrogens with zero attached hydrogens (tertiary/aromatic N) is 4. The van der Waals surface area contributed by atoms with Gasteiger partial charge in [-0.25, -0.2) is 4.21 Å². The van der Waals surface area contributed by atoms with Crippen molar-refractivity contribution in [3.05, 3.63) is 11.9 Å². The Kier molecular flexibility index (Phi) is 4.13. The summed E-state index contributed by atoms with van der Waals surface area (Å²) in [6.07, 6.45) is 4.32. The first-order valence-corrected chi connectivity index (χ1v) is 10.9. The van der Waals surface area contributed by atoms with Crippen molar-refractivity contribution in [2.24, 2.45) is 9.78 Å². The zero-order valence-corrected chi connectivity index (χ0v) is 16.2. The normalized spacial score (nSPS) is 25.3. The van der Waals surface area contributed by atoms with Gasteiger partial charge in [0.25, 0.3) is 11.8 Å². The maximum absolute atomic E-state index is 13.2. The standard InChI is InChI=1S/C17H22N4O5S/c1-17(5-6-17)16(24)19-27(2,25)13-9-18-21-8-7-20(10-11(13)21)15(23)12-3-4-14(22)26-12/h9,12H,3-8,10H2,1-2H3/t12-,27?/m1/s1. The molecule has 2 amide bonds. The molecule has 1 aromatic rings. The Labute approximate surface area is 157 Å². The third-order valence-corrected chi connectivity index (χ3v) is 7.16. The molecule has 0 aromatic carbocycles. The molecule has 1 unspecified atom stereocenters. The van der Waals surface area contributed by atoms with Gasteiger partial charge in [-0.3, -0.25) is 19.1 Å². The van der Waals surface area contributed by atoms with Gasteiger partial charge in [0.05, 0.1) is 39.6 Å². The lowest BCUT2D eigenvalue weighted by molar-refractivity contribution is -0.153. The van der Waals surface area contributed by atoms with Gasteiger partial charge >= 0.3 is 5.97 Å². The molecule has 3 heterocycles. The lowest BCUT2D eigenvalue weighted by atomic mass is 10.1. The van der Waals surface area contributed by atoms with E-state index in [4.69, 9.17) is 4.74 Å². The predicted molar refractivity (Wildman–Crippen MR) is 93.9 cm³/mol. The monoisotopic (exact) mass is 394 g/mol. The van der Waals surface area contributed by atoms with E-state index in [1.165, 1.54) is 12.5 Å². The van der Waals surface area contributed by atoms with Crippen molar-refractivity contribution in [2.45, 2.75) is 56.7 Å². The number of hydrogen-bond donors (Lipinski definition) is 0. The molecule has 1 saturated carbocycles. The zero-order valence-electron chi connectivity index (χ0n) is 15.3. The lowest BCUT2D eigenvalue weighted by Gasteiger charge is -2.30. The molecular formula is C17H22N4O5S. The minimum Gasteiger partial charge on any atom is -0.452 e. The second kappa shape index (κ2) is 6.15. The maximum Gasteiger partial charge on any atom is 0.306 e. The highest BCUT2D eigenvalue weighted by atomic mass is 32.2. The minimum atomic E-state index is -2.96. The highest BCUT2D eigenvalue weighted by molar-refractivity contribution is 7.93. The lowest BCUT2D eigenvalue weighted by Crippen LogP contribution is -2.44. The van der Waals surface area contributed by atoms with E-state index >= 15 is 0 Å². The zero-order chi connectivity index (χ0) is 19.4. The molecular weight excluding hydrogens is 372 g/mol. The molecule has 0 radical (unpaired) electrons. The van der Waals surface area contributed by atoms with Crippen LogP contribution in [-0.2, 0) is 41.9 Å². The second-order valence-corrected chi connectivity index (χ2v) is 9.94. The van der Waals surface area contributed by atoms with E-state index in [9.17, 15) is 18.6 Å². The molecule has 1 aromatic heterocycles. The van der Waals surface area contributed by atoms with Crippen LogP contribution in [0.2, 0.25) is 0 Å². The first kappa shape index (κ1) is 18.1. The molecule has 2 atom stereocenters. The Bertz CT molecular complexity index is 955. The van der Waals surface area contributed by atoms with Gasteiger partial charge < -0.3 is 9.64 Å². The molecule has 2 aliphatic heterocycles. The third-order valence-electron chi connectivity index (χ3n) is 5.49. The third kappa shape index (κ3) is 3.26. The number of aromatic nitrogens is 2. The molecule has 10 heteroatoms. The van der Waals surface area contributed by atoms with Crippen molar-refractivity contribution in [1.29, 1.82) is 0 Å². The van der Waals surface area contributed by atoms with Gasteiger partial charge in [0.2, 0.25) is 0 Å². The number of rotatable bonds is 3. The summed E-state index contributed by atoms with van der Waals surface area (Å²) >= 11 is 0. The average Bonchev–Trinajstić information content (AvgIpc) is 3.05. The number of carbonyl (C=O) groups excluding carboxylic acids is 3. The van der Waals surface area contributed by atoms with Crippen molar-refractivity contribution in [3.8, 4) is 0 Å². The largest absolute Gasteiger partial charge is 0.452 e. The summed E-state index contributed by atoms with van der Waals surface area (Å²) in [5, 5.41) is 4.25. The second-order valence-electron chi connectivity index (χ2n) is 7.72. The molecule has 27 heavy (non-hydrogen) atoms. The van der Waals surface area contributed by atoms with Crippen molar-refractivity contribution in [1.82, 2.24) is 14.7 Å². The van der Waals surface area contributed by atoms with E-state index in [0.29, 0.717) is 30.1 Å². The summed E-state index contributed by atoms with van der Waals surface area (Å²) in [6, 6.07) is 0. The highest BCUT2D eigenvalue weighted by Crippen LogP contribution is 2.46. The van der Waals surface area contributed by atoms with Crippen LogP contribution >= 0.6 is 0 Å². The van der Waals surface area contributed by atoms with E-state index in [1.54, 1.807) is 9.58 Å². The van der Waals surface area contributed by atoms with E-state index in [2.05, 4.69) is 9.46 Å². The summed E-state index contributed by atoms with van der Waals surface area (Å²) in [5.41, 5.74) is 0.129. The van der Waals surface area contributed by atoms with Gasteiger partial charge in [-0.1, -0.05) is 6.92 Å². The fraction of sp³-hybridized carbons (Fsp3) is 0.647. The topological polar surface area (TPSA) is 111 Å². The van der Waals surface area contributed by atoms with Crippen LogP contribution in [0.1, 0.15) is 38.3 Å². The quantitative estimate of drug-likeness (QED) is 0.698. The molecule has 3 aliphatic rings. The molecule has 2 fully saturated rings. The highest BCUT2D eigenvalue weighted by Gasteiger charge is 2.45. The van der Waals surface area contributed by atoms with Gasteiger partial charge in [0, 0.05) is 31.1 Å². The van der Waals surface area contributed by atoms with Crippen LogP contribution in [-0.4, -0.2) is 55.6 Å². The van der Waals surface area contributed by atoms with Crippen LogP contribution in [0.25, 0.3) is 0 Å². The Morgan fingerprint density at radius 1 is 1.37 bits per heavy atom. The van der Waals surface area contributed by atoms with Crippen molar-refractivity contribution in [2.75, 3.05) is 12.8 Å². The molecule has 1 aliphatic carbocycles. The molecule has 9 nitrogen and oxygen atoms in total. The van der Waals surface area contributed by atoms with Gasteiger partial charge in [-0.2, -0.15) is 9.46 Å². The average molecular weight is 394 g/mol. The first-order valence-electron chi connectivity index (χ1n) is 8.99. The van der Waals surface area contributed by atoms with Crippen molar-refractivity contribution < 1.29 is 23.3 Å². The Morgan fingerprint density at radius 2 is 2.11 bits per heavy atom. The van der Waals surface area contributed by atoms with Crippen molar-refractivity contribution >= 4 is 27.5 Å². The number of hydrogen-bond acceptors (Lipinski definition) is 6. The molecule has 1 saturated heterocycles. The van der Waals surface area contributed by atoms with E-state index in [1.807, 2.05) is 6.92 Å². The van der Waals surface area contributed by atoms with E-state index in [0.717, 1.165) is 12.8 Å². The summed E-state index contributed by atoms with van der Waals surface area (Å²) in [4.78, 5) is 38.2. The number of esters is 1. The number of amides is 2. The number of cyclic esters (lactones) is 1. The molecule has 0 bridgehead atoms. The fourth-order valence-electron chi connectivity index (χ4n) is 3.35. The van der Waals surface area contributed by atoms with Crippen LogP contribution in [0.4, 0.5) is 0 Å².